The van der Waals surface area contributed by atoms with E-state index in [0.29, 0.717) is 0 Å². The van der Waals surface area contributed by atoms with Crippen molar-refractivity contribution in [1.29, 1.82) is 0 Å². The van der Waals surface area contributed by atoms with Crippen molar-refractivity contribution in [3.8, 4) is 0 Å². The molecule has 6 heteroatoms. The van der Waals surface area contributed by atoms with E-state index in [-0.39, 0.29) is 29.0 Å². The van der Waals surface area contributed by atoms with E-state index in [1.807, 2.05) is 26.2 Å². The van der Waals surface area contributed by atoms with Crippen molar-refractivity contribution in [3.05, 3.63) is 48.0 Å². The molecule has 0 amide bonds. The lowest BCUT2D eigenvalue weighted by Crippen LogP contribution is -2.70. The summed E-state index contributed by atoms with van der Waals surface area (Å²) in [4.78, 5) is 38.2. The van der Waals surface area contributed by atoms with Crippen LogP contribution in [-0.4, -0.2) is 29.9 Å². The Balaban J connectivity index is 1.73. The van der Waals surface area contributed by atoms with Gasteiger partial charge in [-0.2, -0.15) is 0 Å². The second-order valence-corrected chi connectivity index (χ2v) is 12.6. The second-order valence-electron chi connectivity index (χ2n) is 12.6. The predicted molar refractivity (Wildman–Crippen MR) is 134 cm³/mol. The summed E-state index contributed by atoms with van der Waals surface area (Å²) in [5.41, 5.74) is 0.496. The van der Waals surface area contributed by atoms with Crippen LogP contribution in [0.15, 0.2) is 46.8 Å². The van der Waals surface area contributed by atoms with Crippen molar-refractivity contribution >= 4 is 17.7 Å². The monoisotopic (exact) mass is 494 g/mol. The van der Waals surface area contributed by atoms with Gasteiger partial charge < -0.3 is 13.9 Å². The minimum absolute atomic E-state index is 0.00746. The Kier molecular flexibility index (Phi) is 5.52. The summed E-state index contributed by atoms with van der Waals surface area (Å²) in [6, 6.07) is 2.04. The molecule has 0 bridgehead atoms. The lowest BCUT2D eigenvalue weighted by Gasteiger charge is -2.67. The number of allylic oxidation sites excluding steroid dienone is 3. The number of carbonyl (C=O) groups is 3. The molecule has 1 aromatic heterocycles. The summed E-state index contributed by atoms with van der Waals surface area (Å²) < 4.78 is 17.7. The molecule has 0 spiro atoms. The van der Waals surface area contributed by atoms with Crippen molar-refractivity contribution < 1.29 is 28.3 Å². The van der Waals surface area contributed by atoms with Crippen LogP contribution in [0, 0.1) is 33.5 Å². The zero-order chi connectivity index (χ0) is 26.3. The molecule has 4 aliphatic rings. The number of ether oxygens (including phenoxy) is 2. The minimum Gasteiger partial charge on any atom is -0.472 e. The third-order valence-electron chi connectivity index (χ3n) is 10.4. The zero-order valence-electron chi connectivity index (χ0n) is 22.4. The van der Waals surface area contributed by atoms with E-state index >= 15 is 0 Å². The molecule has 194 valence electrons. The molecule has 8 atom stereocenters. The molecule has 0 aromatic carbocycles. The molecule has 4 aliphatic carbocycles. The van der Waals surface area contributed by atoms with Crippen molar-refractivity contribution in [3.63, 3.8) is 0 Å². The highest BCUT2D eigenvalue weighted by molar-refractivity contribution is 5.96. The molecule has 6 nitrogen and oxygen atoms in total. The summed E-state index contributed by atoms with van der Waals surface area (Å²) in [5, 5.41) is 0. The van der Waals surface area contributed by atoms with E-state index in [1.165, 1.54) is 25.0 Å². The highest BCUT2D eigenvalue weighted by atomic mass is 16.6. The first-order chi connectivity index (χ1) is 16.8. The Bertz CT molecular complexity index is 1160. The fourth-order valence-electron chi connectivity index (χ4n) is 9.09. The number of furan rings is 1. The highest BCUT2D eigenvalue weighted by Crippen LogP contribution is 2.73. The molecule has 0 radical (unpaired) electrons. The Morgan fingerprint density at radius 3 is 2.36 bits per heavy atom. The summed E-state index contributed by atoms with van der Waals surface area (Å²) >= 11 is 0. The van der Waals surface area contributed by atoms with Gasteiger partial charge in [0.2, 0.25) is 0 Å². The first-order valence-electron chi connectivity index (χ1n) is 13.1. The van der Waals surface area contributed by atoms with Crippen molar-refractivity contribution in [2.75, 3.05) is 0 Å². The Labute approximate surface area is 213 Å². The fraction of sp³-hybridized carbons (Fsp3) is 0.633. The lowest BCUT2D eigenvalue weighted by molar-refractivity contribution is -0.237. The highest BCUT2D eigenvalue weighted by Gasteiger charge is 2.72. The number of hydrogen-bond acceptors (Lipinski definition) is 6. The van der Waals surface area contributed by atoms with E-state index in [0.717, 1.165) is 19.3 Å². The first-order valence-corrected chi connectivity index (χ1v) is 13.1. The van der Waals surface area contributed by atoms with Crippen molar-refractivity contribution in [1.82, 2.24) is 0 Å². The Morgan fingerprint density at radius 2 is 1.75 bits per heavy atom. The molecule has 0 unspecified atom stereocenters. The number of ketones is 1. The van der Waals surface area contributed by atoms with Gasteiger partial charge in [0.15, 0.2) is 5.78 Å². The average Bonchev–Trinajstić information content (AvgIpc) is 3.41. The summed E-state index contributed by atoms with van der Waals surface area (Å²) in [7, 11) is 0. The van der Waals surface area contributed by atoms with E-state index < -0.39 is 40.4 Å². The van der Waals surface area contributed by atoms with E-state index in [4.69, 9.17) is 13.9 Å². The smallest absolute Gasteiger partial charge is 0.303 e. The van der Waals surface area contributed by atoms with Gasteiger partial charge in [-0.25, -0.2) is 0 Å². The van der Waals surface area contributed by atoms with Gasteiger partial charge in [-0.1, -0.05) is 52.3 Å². The van der Waals surface area contributed by atoms with E-state index in [2.05, 4.69) is 32.9 Å². The van der Waals surface area contributed by atoms with Crippen LogP contribution >= 0.6 is 0 Å². The number of hydrogen-bond donors (Lipinski definition) is 0. The predicted octanol–water partition coefficient (Wildman–Crippen LogP) is 5.78. The van der Waals surface area contributed by atoms with Gasteiger partial charge in [0, 0.05) is 30.6 Å². The molecule has 5 rings (SSSR count). The molecule has 36 heavy (non-hydrogen) atoms. The quantitative estimate of drug-likeness (QED) is 0.391. The maximum atomic E-state index is 13.2. The zero-order valence-corrected chi connectivity index (χ0v) is 22.4. The maximum Gasteiger partial charge on any atom is 0.303 e. The Hall–Kier alpha value is -2.63. The summed E-state index contributed by atoms with van der Waals surface area (Å²) in [5.74, 6) is -0.808. The van der Waals surface area contributed by atoms with Crippen LogP contribution in [0.1, 0.15) is 79.2 Å². The molecule has 0 saturated heterocycles. The van der Waals surface area contributed by atoms with Crippen LogP contribution in [0.4, 0.5) is 0 Å². The molecule has 0 aliphatic heterocycles. The first kappa shape index (κ1) is 25.0. The number of esters is 2. The molecule has 2 fully saturated rings. The maximum absolute atomic E-state index is 13.2. The molecule has 2 saturated carbocycles. The van der Waals surface area contributed by atoms with Crippen LogP contribution in [0.3, 0.4) is 0 Å². The van der Waals surface area contributed by atoms with Gasteiger partial charge in [0.1, 0.15) is 12.2 Å². The van der Waals surface area contributed by atoms with Crippen molar-refractivity contribution in [2.24, 2.45) is 33.5 Å². The van der Waals surface area contributed by atoms with Crippen LogP contribution in [-0.2, 0) is 23.9 Å². The topological polar surface area (TPSA) is 82.8 Å². The fourth-order valence-corrected chi connectivity index (χ4v) is 9.09. The number of carbonyl (C=O) groups excluding carboxylic acids is 3. The van der Waals surface area contributed by atoms with E-state index in [1.54, 1.807) is 12.3 Å². The Morgan fingerprint density at radius 1 is 1.06 bits per heavy atom. The summed E-state index contributed by atoms with van der Waals surface area (Å²) in [6.07, 6.45) is 11.0. The van der Waals surface area contributed by atoms with Crippen LogP contribution in [0.25, 0.3) is 0 Å². The van der Waals surface area contributed by atoms with Gasteiger partial charge in [0.25, 0.3) is 0 Å². The standard InChI is InChI=1S/C30H38O6/c1-17(31)35-24-25-27(3,4)23(33)11-14-29(25,6)22-10-13-28(5)20(19-12-15-34-16-19)8-9-21(28)30(22,7)26(24)36-18(2)32/h9,11-12,14-16,20,22,24-26H,8,10,13H2,1-7H3/t20-,22+,24-,25-,26+,28+,29+,30-/m0/s1. The van der Waals surface area contributed by atoms with Gasteiger partial charge in [-0.3, -0.25) is 14.4 Å². The largest absolute Gasteiger partial charge is 0.472 e. The average molecular weight is 495 g/mol. The van der Waals surface area contributed by atoms with Crippen LogP contribution in [0.2, 0.25) is 0 Å². The summed E-state index contributed by atoms with van der Waals surface area (Å²) in [6.45, 7) is 13.4. The minimum atomic E-state index is -0.784. The number of rotatable bonds is 3. The molecular formula is C30H38O6. The third-order valence-corrected chi connectivity index (χ3v) is 10.4. The van der Waals surface area contributed by atoms with Crippen LogP contribution < -0.4 is 0 Å². The van der Waals surface area contributed by atoms with Gasteiger partial charge >= 0.3 is 11.9 Å². The van der Waals surface area contributed by atoms with Gasteiger partial charge in [0.05, 0.1) is 12.5 Å². The second kappa shape index (κ2) is 7.93. The molecule has 0 N–H and O–H groups in total. The lowest BCUT2D eigenvalue weighted by atomic mass is 9.37. The van der Waals surface area contributed by atoms with Gasteiger partial charge in [-0.15, -0.1) is 0 Å². The molecule has 1 aromatic rings. The SMILES string of the molecule is CC(=O)O[C@@H]1[C@@H](OC(C)=O)[C@@]2(C)C3=CC[C@@H](c4ccoc4)[C@@]3(C)CC[C@@H]2[C@@]2(C)C=CC(=O)C(C)(C)[C@H]12. The molecule has 1 heterocycles. The third kappa shape index (κ3) is 3.18. The normalized spacial score (nSPS) is 42.6. The van der Waals surface area contributed by atoms with Crippen LogP contribution in [0.5, 0.6) is 0 Å². The van der Waals surface area contributed by atoms with Crippen molar-refractivity contribution in [2.45, 2.75) is 85.9 Å². The number of fused-ring (bicyclic) bond motifs is 5. The molecular weight excluding hydrogens is 456 g/mol. The van der Waals surface area contributed by atoms with E-state index in [9.17, 15) is 14.4 Å². The van der Waals surface area contributed by atoms with Gasteiger partial charge in [-0.05, 0) is 59.6 Å².